The zero-order valence-electron chi connectivity index (χ0n) is 11.6. The van der Waals surface area contributed by atoms with Crippen molar-refractivity contribution in [2.75, 3.05) is 12.1 Å². The molecule has 1 heterocycles. The van der Waals surface area contributed by atoms with E-state index in [2.05, 4.69) is 5.32 Å². The van der Waals surface area contributed by atoms with Gasteiger partial charge in [0.25, 0.3) is 0 Å². The molecule has 0 saturated carbocycles. The van der Waals surface area contributed by atoms with Crippen LogP contribution >= 0.6 is 0 Å². The molecular formula is C17H15NO3. The average molecular weight is 281 g/mol. The molecule has 1 aliphatic rings. The van der Waals surface area contributed by atoms with Gasteiger partial charge < -0.3 is 14.8 Å². The molecule has 106 valence electrons. The second kappa shape index (κ2) is 5.71. The smallest absolute Gasteiger partial charge is 0.231 e. The zero-order chi connectivity index (χ0) is 14.7. The predicted molar refractivity (Wildman–Crippen MR) is 80.8 cm³/mol. The Morgan fingerprint density at radius 2 is 1.86 bits per heavy atom. The van der Waals surface area contributed by atoms with Gasteiger partial charge in [0, 0.05) is 23.5 Å². The fourth-order valence-corrected chi connectivity index (χ4v) is 2.01. The molecule has 1 N–H and O–H groups in total. The van der Waals surface area contributed by atoms with Gasteiger partial charge >= 0.3 is 0 Å². The number of fused-ring (bicyclic) bond motifs is 1. The predicted octanol–water partition coefficient (Wildman–Crippen LogP) is 3.53. The number of ketones is 1. The van der Waals surface area contributed by atoms with Crippen molar-refractivity contribution in [2.24, 2.45) is 0 Å². The summed E-state index contributed by atoms with van der Waals surface area (Å²) in [6.45, 7) is 2.24. The minimum absolute atomic E-state index is 0.0899. The highest BCUT2D eigenvalue weighted by Gasteiger charge is 2.14. The molecule has 2 aromatic rings. The molecule has 1 aliphatic heterocycles. The fourth-order valence-electron chi connectivity index (χ4n) is 2.01. The van der Waals surface area contributed by atoms with Crippen LogP contribution < -0.4 is 14.8 Å². The van der Waals surface area contributed by atoms with Gasteiger partial charge in [-0.25, -0.2) is 0 Å². The maximum Gasteiger partial charge on any atom is 0.231 e. The first-order chi connectivity index (χ1) is 10.2. The van der Waals surface area contributed by atoms with Gasteiger partial charge in [-0.05, 0) is 37.3 Å². The van der Waals surface area contributed by atoms with E-state index in [9.17, 15) is 4.79 Å². The molecule has 4 heteroatoms. The van der Waals surface area contributed by atoms with Crippen molar-refractivity contribution in [2.45, 2.75) is 6.92 Å². The minimum atomic E-state index is -0.0899. The Bertz CT molecular complexity index is 690. The van der Waals surface area contributed by atoms with Crippen LogP contribution in [-0.4, -0.2) is 12.6 Å². The lowest BCUT2D eigenvalue weighted by atomic mass is 10.1. The van der Waals surface area contributed by atoms with Gasteiger partial charge in [-0.2, -0.15) is 0 Å². The van der Waals surface area contributed by atoms with Gasteiger partial charge in [0.15, 0.2) is 17.3 Å². The lowest BCUT2D eigenvalue weighted by molar-refractivity contribution is 0.104. The standard InChI is InChI=1S/C17H15NO3/c1-12-2-5-14(6-3-12)18-9-8-15(19)13-4-7-16-17(10-13)21-11-20-16/h2-10,18H,11H2,1H3/b9-8+. The third kappa shape index (κ3) is 3.05. The van der Waals surface area contributed by atoms with Gasteiger partial charge in [0.2, 0.25) is 6.79 Å². The van der Waals surface area contributed by atoms with Crippen molar-refractivity contribution in [1.82, 2.24) is 0 Å². The number of anilines is 1. The molecule has 0 aromatic heterocycles. The SMILES string of the molecule is Cc1ccc(N/C=C/C(=O)c2ccc3c(c2)OCO3)cc1. The lowest BCUT2D eigenvalue weighted by Crippen LogP contribution is -1.96. The van der Waals surface area contributed by atoms with E-state index in [4.69, 9.17) is 9.47 Å². The molecule has 3 rings (SSSR count). The van der Waals surface area contributed by atoms with Crippen molar-refractivity contribution in [3.63, 3.8) is 0 Å². The minimum Gasteiger partial charge on any atom is -0.454 e. The topological polar surface area (TPSA) is 47.6 Å². The van der Waals surface area contributed by atoms with E-state index >= 15 is 0 Å². The van der Waals surface area contributed by atoms with Crippen molar-refractivity contribution in [3.8, 4) is 11.5 Å². The van der Waals surface area contributed by atoms with Crippen LogP contribution in [0.5, 0.6) is 11.5 Å². The molecule has 0 spiro atoms. The van der Waals surface area contributed by atoms with Gasteiger partial charge in [-0.1, -0.05) is 17.7 Å². The number of hydrogen-bond donors (Lipinski definition) is 1. The molecule has 0 radical (unpaired) electrons. The van der Waals surface area contributed by atoms with Crippen molar-refractivity contribution in [1.29, 1.82) is 0 Å². The summed E-state index contributed by atoms with van der Waals surface area (Å²) in [5.41, 5.74) is 2.71. The van der Waals surface area contributed by atoms with Crippen LogP contribution in [0.3, 0.4) is 0 Å². The molecule has 0 atom stereocenters. The van der Waals surface area contributed by atoms with E-state index in [1.807, 2.05) is 31.2 Å². The summed E-state index contributed by atoms with van der Waals surface area (Å²) < 4.78 is 10.5. The molecule has 0 unspecified atom stereocenters. The Labute approximate surface area is 123 Å². The highest BCUT2D eigenvalue weighted by molar-refractivity contribution is 6.05. The van der Waals surface area contributed by atoms with Crippen LogP contribution in [0, 0.1) is 6.92 Å². The molecule has 0 fully saturated rings. The number of benzene rings is 2. The molecule has 21 heavy (non-hydrogen) atoms. The number of ether oxygens (including phenoxy) is 2. The number of rotatable bonds is 4. The summed E-state index contributed by atoms with van der Waals surface area (Å²) in [5, 5.41) is 3.07. The normalized spacial score (nSPS) is 12.6. The van der Waals surface area contributed by atoms with Crippen molar-refractivity contribution >= 4 is 11.5 Å². The average Bonchev–Trinajstić information content (AvgIpc) is 2.96. The quantitative estimate of drug-likeness (QED) is 0.688. The number of carbonyl (C=O) groups is 1. The Morgan fingerprint density at radius 1 is 1.10 bits per heavy atom. The number of allylic oxidation sites excluding steroid dienone is 1. The van der Waals surface area contributed by atoms with Crippen molar-refractivity contribution < 1.29 is 14.3 Å². The Hall–Kier alpha value is -2.75. The van der Waals surface area contributed by atoms with Crippen LogP contribution in [0.25, 0.3) is 0 Å². The monoisotopic (exact) mass is 281 g/mol. The fraction of sp³-hybridized carbons (Fsp3) is 0.118. The molecule has 4 nitrogen and oxygen atoms in total. The summed E-state index contributed by atoms with van der Waals surface area (Å²) in [4.78, 5) is 12.1. The molecule has 0 amide bonds. The number of nitrogens with one attached hydrogen (secondary N) is 1. The largest absolute Gasteiger partial charge is 0.454 e. The lowest BCUT2D eigenvalue weighted by Gasteiger charge is -2.01. The van der Waals surface area contributed by atoms with Gasteiger partial charge in [0.1, 0.15) is 0 Å². The van der Waals surface area contributed by atoms with Gasteiger partial charge in [-0.15, -0.1) is 0 Å². The first-order valence-corrected chi connectivity index (χ1v) is 6.66. The summed E-state index contributed by atoms with van der Waals surface area (Å²) in [7, 11) is 0. The van der Waals surface area contributed by atoms with Crippen LogP contribution in [0.4, 0.5) is 5.69 Å². The summed E-state index contributed by atoms with van der Waals surface area (Å²) >= 11 is 0. The zero-order valence-corrected chi connectivity index (χ0v) is 11.6. The van der Waals surface area contributed by atoms with Crippen LogP contribution in [0.2, 0.25) is 0 Å². The third-order valence-electron chi connectivity index (χ3n) is 3.19. The van der Waals surface area contributed by atoms with E-state index in [1.54, 1.807) is 24.4 Å². The van der Waals surface area contributed by atoms with Crippen molar-refractivity contribution in [3.05, 3.63) is 65.9 Å². The number of carbonyl (C=O) groups excluding carboxylic acids is 1. The summed E-state index contributed by atoms with van der Waals surface area (Å²) in [5.74, 6) is 1.20. The Balaban J connectivity index is 1.65. The highest BCUT2D eigenvalue weighted by atomic mass is 16.7. The highest BCUT2D eigenvalue weighted by Crippen LogP contribution is 2.32. The molecule has 2 aromatic carbocycles. The maximum absolute atomic E-state index is 12.1. The van der Waals surface area contributed by atoms with E-state index in [1.165, 1.54) is 11.6 Å². The van der Waals surface area contributed by atoms with E-state index in [-0.39, 0.29) is 12.6 Å². The van der Waals surface area contributed by atoms with E-state index < -0.39 is 0 Å². The van der Waals surface area contributed by atoms with Crippen LogP contribution in [0.15, 0.2) is 54.7 Å². The summed E-state index contributed by atoms with van der Waals surface area (Å²) in [6.07, 6.45) is 3.13. The Morgan fingerprint density at radius 3 is 2.67 bits per heavy atom. The second-order valence-electron chi connectivity index (χ2n) is 4.78. The number of hydrogen-bond acceptors (Lipinski definition) is 4. The van der Waals surface area contributed by atoms with E-state index in [0.717, 1.165) is 5.69 Å². The van der Waals surface area contributed by atoms with Gasteiger partial charge in [-0.3, -0.25) is 4.79 Å². The van der Waals surface area contributed by atoms with E-state index in [0.29, 0.717) is 17.1 Å². The summed E-state index contributed by atoms with van der Waals surface area (Å²) in [6, 6.07) is 13.1. The molecule has 0 aliphatic carbocycles. The molecule has 0 bridgehead atoms. The second-order valence-corrected chi connectivity index (χ2v) is 4.78. The van der Waals surface area contributed by atoms with Crippen LogP contribution in [0.1, 0.15) is 15.9 Å². The molecular weight excluding hydrogens is 266 g/mol. The third-order valence-corrected chi connectivity index (χ3v) is 3.19. The molecule has 0 saturated heterocycles. The van der Waals surface area contributed by atoms with Crippen LogP contribution in [-0.2, 0) is 0 Å². The first-order valence-electron chi connectivity index (χ1n) is 6.66. The first kappa shape index (κ1) is 13.2. The Kier molecular flexibility index (Phi) is 3.60. The number of aryl methyl sites for hydroxylation is 1. The maximum atomic E-state index is 12.1. The van der Waals surface area contributed by atoms with Gasteiger partial charge in [0.05, 0.1) is 0 Å².